The average molecular weight is 528 g/mol. The van der Waals surface area contributed by atoms with Crippen LogP contribution in [0.25, 0.3) is 11.1 Å². The summed E-state index contributed by atoms with van der Waals surface area (Å²) in [5.41, 5.74) is 0.472. The van der Waals surface area contributed by atoms with E-state index in [1.807, 2.05) is 45.0 Å². The van der Waals surface area contributed by atoms with Crippen LogP contribution in [0.3, 0.4) is 0 Å². The molecule has 2 aromatic carbocycles. The maximum Gasteiger partial charge on any atom is 0.410 e. The summed E-state index contributed by atoms with van der Waals surface area (Å²) in [6.45, 7) is 8.49. The van der Waals surface area contributed by atoms with Gasteiger partial charge >= 0.3 is 6.09 Å². The smallest absolute Gasteiger partial charge is 0.410 e. The van der Waals surface area contributed by atoms with E-state index in [0.717, 1.165) is 6.42 Å². The van der Waals surface area contributed by atoms with Gasteiger partial charge in [0, 0.05) is 30.3 Å². The molecule has 2 aliphatic rings. The van der Waals surface area contributed by atoms with Crippen molar-refractivity contribution in [2.75, 3.05) is 33.4 Å². The average Bonchev–Trinajstić information content (AvgIpc) is 3.12. The highest BCUT2D eigenvalue weighted by Gasteiger charge is 2.49. The molecule has 8 nitrogen and oxygen atoms in total. The molecule has 0 bridgehead atoms. The molecule has 0 radical (unpaired) electrons. The van der Waals surface area contributed by atoms with Crippen LogP contribution in [0.2, 0.25) is 0 Å². The van der Waals surface area contributed by atoms with E-state index < -0.39 is 17.2 Å². The number of nitrogens with one attached hydrogen (secondary N) is 2. The number of hydrogen-bond donors (Lipinski definition) is 2. The second-order valence-corrected chi connectivity index (χ2v) is 11.3. The van der Waals surface area contributed by atoms with Crippen molar-refractivity contribution in [3.63, 3.8) is 0 Å². The van der Waals surface area contributed by atoms with Crippen molar-refractivity contribution in [3.05, 3.63) is 53.8 Å². The minimum atomic E-state index is -0.581. The third-order valence-electron chi connectivity index (χ3n) is 6.87. The largest absolute Gasteiger partial charge is 0.491 e. The van der Waals surface area contributed by atoms with E-state index in [4.69, 9.17) is 14.2 Å². The lowest BCUT2D eigenvalue weighted by molar-refractivity contribution is -0.135. The molecule has 3 atom stereocenters. The van der Waals surface area contributed by atoms with Crippen LogP contribution in [-0.4, -0.2) is 73.5 Å². The van der Waals surface area contributed by atoms with Crippen LogP contribution in [0, 0.1) is 5.82 Å². The zero-order chi connectivity index (χ0) is 27.5. The lowest BCUT2D eigenvalue weighted by Gasteiger charge is -2.39. The zero-order valence-corrected chi connectivity index (χ0v) is 22.8. The van der Waals surface area contributed by atoms with Crippen LogP contribution in [0.5, 0.6) is 5.75 Å². The van der Waals surface area contributed by atoms with Gasteiger partial charge in [-0.05, 0) is 52.2 Å². The Morgan fingerprint density at radius 3 is 2.66 bits per heavy atom. The zero-order valence-electron chi connectivity index (χ0n) is 22.8. The normalized spacial score (nSPS) is 23.3. The van der Waals surface area contributed by atoms with Crippen molar-refractivity contribution in [1.82, 2.24) is 15.5 Å². The Morgan fingerprint density at radius 2 is 1.92 bits per heavy atom. The summed E-state index contributed by atoms with van der Waals surface area (Å²) in [7, 11) is 1.65. The summed E-state index contributed by atoms with van der Waals surface area (Å²) in [4.78, 5) is 25.8. The Morgan fingerprint density at radius 1 is 1.18 bits per heavy atom. The number of likely N-dealkylation sites (N-methyl/N-ethyl adjacent to an activating group) is 1. The first-order valence-electron chi connectivity index (χ1n) is 13.1. The molecule has 38 heavy (non-hydrogen) atoms. The van der Waals surface area contributed by atoms with Crippen molar-refractivity contribution >= 4 is 12.0 Å². The number of ether oxygens (including phenoxy) is 3. The molecular formula is C29H38FN3O5. The molecule has 9 heteroatoms. The molecule has 0 aliphatic carbocycles. The number of rotatable bonds is 7. The summed E-state index contributed by atoms with van der Waals surface area (Å²) in [6.07, 6.45) is 0.691. The Labute approximate surface area is 223 Å². The molecule has 2 fully saturated rings. The minimum absolute atomic E-state index is 0.0526. The lowest BCUT2D eigenvalue weighted by Crippen LogP contribution is -2.63. The van der Waals surface area contributed by atoms with Crippen LogP contribution in [0.15, 0.2) is 42.5 Å². The number of para-hydroxylation sites is 1. The molecule has 0 aromatic heterocycles. The number of benzene rings is 2. The van der Waals surface area contributed by atoms with E-state index in [2.05, 4.69) is 17.6 Å². The Hall–Kier alpha value is -3.17. The molecule has 4 rings (SSSR count). The number of hydrogen-bond acceptors (Lipinski definition) is 6. The fraction of sp³-hybridized carbons (Fsp3) is 0.517. The molecule has 2 saturated heterocycles. The first kappa shape index (κ1) is 27.9. The topological polar surface area (TPSA) is 89.1 Å². The molecule has 2 aliphatic heterocycles. The molecule has 0 saturated carbocycles. The maximum absolute atomic E-state index is 16.0. The first-order valence-corrected chi connectivity index (χ1v) is 13.1. The van der Waals surface area contributed by atoms with Crippen molar-refractivity contribution in [1.29, 1.82) is 0 Å². The second-order valence-electron chi connectivity index (χ2n) is 11.3. The van der Waals surface area contributed by atoms with Gasteiger partial charge in [-0.25, -0.2) is 9.18 Å². The summed E-state index contributed by atoms with van der Waals surface area (Å²) >= 11 is 0. The van der Waals surface area contributed by atoms with Gasteiger partial charge in [0.15, 0.2) is 0 Å². The van der Waals surface area contributed by atoms with E-state index in [1.165, 1.54) is 4.90 Å². The van der Waals surface area contributed by atoms with Crippen LogP contribution in [-0.2, 0) is 20.7 Å². The second kappa shape index (κ2) is 11.3. The molecule has 2 heterocycles. The fourth-order valence-corrected chi connectivity index (χ4v) is 5.18. The van der Waals surface area contributed by atoms with Gasteiger partial charge in [-0.1, -0.05) is 36.4 Å². The number of amides is 2. The number of carbonyl (C=O) groups excluding carboxylic acids is 2. The van der Waals surface area contributed by atoms with Crippen molar-refractivity contribution < 1.29 is 28.2 Å². The summed E-state index contributed by atoms with van der Waals surface area (Å²) in [5, 5.41) is 6.63. The van der Waals surface area contributed by atoms with Crippen molar-refractivity contribution in [2.24, 2.45) is 0 Å². The van der Waals surface area contributed by atoms with E-state index in [0.29, 0.717) is 42.0 Å². The van der Waals surface area contributed by atoms with Crippen LogP contribution >= 0.6 is 0 Å². The Balaban J connectivity index is 1.49. The van der Waals surface area contributed by atoms with E-state index >= 15 is 4.39 Å². The van der Waals surface area contributed by atoms with Gasteiger partial charge in [-0.15, -0.1) is 0 Å². The molecule has 1 spiro atoms. The quantitative estimate of drug-likeness (QED) is 0.568. The minimum Gasteiger partial charge on any atom is -0.491 e. The summed E-state index contributed by atoms with van der Waals surface area (Å²) in [6, 6.07) is 12.6. The third kappa shape index (κ3) is 6.45. The van der Waals surface area contributed by atoms with Gasteiger partial charge in [0.1, 0.15) is 30.4 Å². The molecule has 206 valence electrons. The first-order chi connectivity index (χ1) is 18.0. The highest BCUT2D eigenvalue weighted by Crippen LogP contribution is 2.35. The standard InChI is InChI=1S/C29H38FN3O5/c1-19-16-29(18-36-17-25(34)32-29)24(31-19)15-20-9-8-11-22(26(20)30)21-10-6-7-12-23(21)37-14-13-33(5)27(35)38-28(2,3)4/h6-12,19,24,31H,13-18H2,1-5H3,(H,32,34). The van der Waals surface area contributed by atoms with Gasteiger partial charge in [0.25, 0.3) is 0 Å². The van der Waals surface area contributed by atoms with Gasteiger partial charge in [0.2, 0.25) is 5.91 Å². The maximum atomic E-state index is 16.0. The van der Waals surface area contributed by atoms with E-state index in [1.54, 1.807) is 25.2 Å². The van der Waals surface area contributed by atoms with Gasteiger partial charge in [0.05, 0.1) is 18.7 Å². The van der Waals surface area contributed by atoms with Crippen LogP contribution in [0.1, 0.15) is 39.7 Å². The van der Waals surface area contributed by atoms with Gasteiger partial charge < -0.3 is 29.7 Å². The predicted molar refractivity (Wildman–Crippen MR) is 143 cm³/mol. The van der Waals surface area contributed by atoms with E-state index in [9.17, 15) is 9.59 Å². The van der Waals surface area contributed by atoms with Gasteiger partial charge in [-0.3, -0.25) is 4.79 Å². The Kier molecular flexibility index (Phi) is 8.28. The molecular weight excluding hydrogens is 489 g/mol. The van der Waals surface area contributed by atoms with Crippen LogP contribution in [0.4, 0.5) is 9.18 Å². The lowest BCUT2D eigenvalue weighted by atomic mass is 9.85. The molecule has 2 amide bonds. The fourth-order valence-electron chi connectivity index (χ4n) is 5.18. The number of halogens is 1. The number of nitrogens with zero attached hydrogens (tertiary/aromatic N) is 1. The predicted octanol–water partition coefficient (Wildman–Crippen LogP) is 3.92. The number of morpholine rings is 1. The van der Waals surface area contributed by atoms with Crippen molar-refractivity contribution in [3.8, 4) is 16.9 Å². The van der Waals surface area contributed by atoms with E-state index in [-0.39, 0.29) is 37.0 Å². The number of carbonyl (C=O) groups is 2. The third-order valence-corrected chi connectivity index (χ3v) is 6.87. The molecule has 3 unspecified atom stereocenters. The SMILES string of the molecule is CC1CC2(COCC(=O)N2)C(Cc2cccc(-c3ccccc3OCCN(C)C(=O)OC(C)(C)C)c2F)N1. The highest BCUT2D eigenvalue weighted by molar-refractivity contribution is 5.79. The van der Waals surface area contributed by atoms with Gasteiger partial charge in [-0.2, -0.15) is 0 Å². The van der Waals surface area contributed by atoms with Crippen molar-refractivity contribution in [2.45, 2.75) is 63.8 Å². The summed E-state index contributed by atoms with van der Waals surface area (Å²) < 4.78 is 32.9. The Bertz CT molecular complexity index is 1170. The highest BCUT2D eigenvalue weighted by atomic mass is 19.1. The molecule has 2 aromatic rings. The molecule has 2 N–H and O–H groups in total. The van der Waals surface area contributed by atoms with Crippen LogP contribution < -0.4 is 15.4 Å². The summed E-state index contributed by atoms with van der Waals surface area (Å²) in [5.74, 6) is 0.0573. The monoisotopic (exact) mass is 527 g/mol.